The Morgan fingerprint density at radius 3 is 2.67 bits per heavy atom. The number of carbonyl (C=O) groups is 1. The predicted molar refractivity (Wildman–Crippen MR) is 84.8 cm³/mol. The van der Waals surface area contributed by atoms with E-state index in [1.165, 1.54) is 19.3 Å². The quantitative estimate of drug-likeness (QED) is 0.783. The van der Waals surface area contributed by atoms with Crippen LogP contribution < -0.4 is 0 Å². The number of hydrogen-bond donors (Lipinski definition) is 0. The Balaban J connectivity index is 2.27. The van der Waals surface area contributed by atoms with Crippen LogP contribution in [0.2, 0.25) is 0 Å². The molecule has 0 aromatic carbocycles. The molecule has 1 aliphatic carbocycles. The molecule has 116 valence electrons. The van der Waals surface area contributed by atoms with Crippen LogP contribution in [0.15, 0.2) is 6.07 Å². The molecule has 0 unspecified atom stereocenters. The number of amides is 1. The number of hydrogen-bond acceptors (Lipinski definition) is 3. The first-order valence-corrected chi connectivity index (χ1v) is 8.41. The van der Waals surface area contributed by atoms with E-state index in [4.69, 9.17) is 11.6 Å². The summed E-state index contributed by atoms with van der Waals surface area (Å²) < 4.78 is 0. The molecular formula is C16H24ClN3O. The lowest BCUT2D eigenvalue weighted by Crippen LogP contribution is -2.43. The van der Waals surface area contributed by atoms with Crippen LogP contribution in [0.4, 0.5) is 0 Å². The van der Waals surface area contributed by atoms with Gasteiger partial charge in [0.15, 0.2) is 0 Å². The third-order valence-corrected chi connectivity index (χ3v) is 4.33. The fourth-order valence-corrected chi connectivity index (χ4v) is 3.23. The van der Waals surface area contributed by atoms with Crippen LogP contribution in [0.3, 0.4) is 0 Å². The number of carbonyl (C=O) groups excluding carboxylic acids is 1. The zero-order valence-electron chi connectivity index (χ0n) is 12.9. The van der Waals surface area contributed by atoms with E-state index in [1.807, 2.05) is 24.8 Å². The zero-order valence-corrected chi connectivity index (χ0v) is 13.7. The summed E-state index contributed by atoms with van der Waals surface area (Å²) in [5.41, 5.74) is 2.26. The molecule has 1 heterocycles. The summed E-state index contributed by atoms with van der Waals surface area (Å²) in [5.74, 6) is 0.540. The molecule has 0 spiro atoms. The summed E-state index contributed by atoms with van der Waals surface area (Å²) in [6.45, 7) is 4.48. The predicted octanol–water partition coefficient (Wildman–Crippen LogP) is 3.36. The van der Waals surface area contributed by atoms with Crippen molar-refractivity contribution in [3.63, 3.8) is 0 Å². The third kappa shape index (κ3) is 3.94. The molecule has 1 amide bonds. The van der Waals surface area contributed by atoms with E-state index in [9.17, 15) is 4.79 Å². The van der Waals surface area contributed by atoms with Crippen molar-refractivity contribution in [2.45, 2.75) is 58.4 Å². The Morgan fingerprint density at radius 2 is 2.05 bits per heavy atom. The van der Waals surface area contributed by atoms with E-state index in [0.717, 1.165) is 24.2 Å². The summed E-state index contributed by atoms with van der Waals surface area (Å²) in [4.78, 5) is 14.9. The maximum Gasteiger partial charge on any atom is 0.256 e. The Labute approximate surface area is 131 Å². The van der Waals surface area contributed by atoms with E-state index in [-0.39, 0.29) is 5.91 Å². The summed E-state index contributed by atoms with van der Waals surface area (Å²) in [6, 6.07) is 2.18. The third-order valence-electron chi connectivity index (χ3n) is 4.16. The molecule has 0 saturated heterocycles. The molecule has 1 aromatic heterocycles. The normalized spacial score (nSPS) is 16.0. The van der Waals surface area contributed by atoms with Gasteiger partial charge in [0, 0.05) is 18.5 Å². The molecule has 0 N–H and O–H groups in total. The van der Waals surface area contributed by atoms with Crippen LogP contribution in [0.5, 0.6) is 0 Å². The summed E-state index contributed by atoms with van der Waals surface area (Å²) in [5, 5.41) is 8.24. The molecule has 0 bridgehead atoms. The Bertz CT molecular complexity index is 486. The SMILES string of the molecule is CCc1nnc(C)cc1C(=O)N(CCCl)C1CCCCC1. The van der Waals surface area contributed by atoms with E-state index in [1.54, 1.807) is 0 Å². The van der Waals surface area contributed by atoms with E-state index in [2.05, 4.69) is 10.2 Å². The zero-order chi connectivity index (χ0) is 15.2. The van der Waals surface area contributed by atoms with Crippen molar-refractivity contribution in [2.75, 3.05) is 12.4 Å². The van der Waals surface area contributed by atoms with Crippen LogP contribution in [0.25, 0.3) is 0 Å². The van der Waals surface area contributed by atoms with Crippen LogP contribution in [0, 0.1) is 6.92 Å². The van der Waals surface area contributed by atoms with Crippen LogP contribution >= 0.6 is 11.6 Å². The van der Waals surface area contributed by atoms with Crippen LogP contribution in [-0.2, 0) is 6.42 Å². The molecule has 1 aromatic rings. The Hall–Kier alpha value is -1.16. The number of nitrogens with zero attached hydrogens (tertiary/aromatic N) is 3. The van der Waals surface area contributed by atoms with E-state index >= 15 is 0 Å². The van der Waals surface area contributed by atoms with Crippen molar-refractivity contribution in [2.24, 2.45) is 0 Å². The van der Waals surface area contributed by atoms with Crippen molar-refractivity contribution in [1.29, 1.82) is 0 Å². The van der Waals surface area contributed by atoms with Gasteiger partial charge >= 0.3 is 0 Å². The number of rotatable bonds is 5. The lowest BCUT2D eigenvalue weighted by molar-refractivity contribution is 0.0647. The fourth-order valence-electron chi connectivity index (χ4n) is 3.05. The number of alkyl halides is 1. The minimum absolute atomic E-state index is 0.0670. The van der Waals surface area contributed by atoms with E-state index in [0.29, 0.717) is 30.5 Å². The minimum Gasteiger partial charge on any atom is -0.334 e. The van der Waals surface area contributed by atoms with Crippen molar-refractivity contribution >= 4 is 17.5 Å². The smallest absolute Gasteiger partial charge is 0.256 e. The van der Waals surface area contributed by atoms with Crippen molar-refractivity contribution in [1.82, 2.24) is 15.1 Å². The van der Waals surface area contributed by atoms with Crippen molar-refractivity contribution in [3.8, 4) is 0 Å². The van der Waals surface area contributed by atoms with Gasteiger partial charge in [-0.15, -0.1) is 11.6 Å². The average Bonchev–Trinajstić information content (AvgIpc) is 2.52. The summed E-state index contributed by atoms with van der Waals surface area (Å²) in [6.07, 6.45) is 6.56. The number of aromatic nitrogens is 2. The summed E-state index contributed by atoms with van der Waals surface area (Å²) in [7, 11) is 0. The molecule has 0 atom stereocenters. The van der Waals surface area contributed by atoms with Crippen molar-refractivity contribution in [3.05, 3.63) is 23.0 Å². The highest BCUT2D eigenvalue weighted by atomic mass is 35.5. The second-order valence-electron chi connectivity index (χ2n) is 5.68. The van der Waals surface area contributed by atoms with Crippen LogP contribution in [-0.4, -0.2) is 39.5 Å². The molecule has 21 heavy (non-hydrogen) atoms. The molecule has 5 heteroatoms. The first-order chi connectivity index (χ1) is 10.2. The topological polar surface area (TPSA) is 46.1 Å². The molecule has 1 fully saturated rings. The number of aryl methyl sites for hydroxylation is 2. The average molecular weight is 310 g/mol. The maximum atomic E-state index is 13.0. The van der Waals surface area contributed by atoms with Crippen LogP contribution in [0.1, 0.15) is 60.8 Å². The molecule has 0 aliphatic heterocycles. The van der Waals surface area contributed by atoms with Gasteiger partial charge in [-0.05, 0) is 32.3 Å². The van der Waals surface area contributed by atoms with Crippen molar-refractivity contribution < 1.29 is 4.79 Å². The maximum absolute atomic E-state index is 13.0. The minimum atomic E-state index is 0.0670. The highest BCUT2D eigenvalue weighted by Gasteiger charge is 2.27. The monoisotopic (exact) mass is 309 g/mol. The second-order valence-corrected chi connectivity index (χ2v) is 6.06. The fraction of sp³-hybridized carbons (Fsp3) is 0.688. The number of halogens is 1. The Morgan fingerprint density at radius 1 is 1.33 bits per heavy atom. The van der Waals surface area contributed by atoms with Gasteiger partial charge in [0.2, 0.25) is 0 Å². The first-order valence-electron chi connectivity index (χ1n) is 7.87. The van der Waals surface area contributed by atoms with E-state index < -0.39 is 0 Å². The Kier molecular flexibility index (Phi) is 5.97. The summed E-state index contributed by atoms with van der Waals surface area (Å²) >= 11 is 5.93. The lowest BCUT2D eigenvalue weighted by atomic mass is 9.93. The molecule has 0 radical (unpaired) electrons. The first kappa shape index (κ1) is 16.2. The van der Waals surface area contributed by atoms with Gasteiger partial charge < -0.3 is 4.90 Å². The van der Waals surface area contributed by atoms with Gasteiger partial charge in [-0.3, -0.25) is 4.79 Å². The van der Waals surface area contributed by atoms with Gasteiger partial charge in [0.1, 0.15) is 0 Å². The second kappa shape index (κ2) is 7.74. The highest BCUT2D eigenvalue weighted by Crippen LogP contribution is 2.24. The molecule has 4 nitrogen and oxygen atoms in total. The molecule has 1 aliphatic rings. The van der Waals surface area contributed by atoms with Gasteiger partial charge in [-0.1, -0.05) is 26.2 Å². The van der Waals surface area contributed by atoms with Gasteiger partial charge in [0.25, 0.3) is 5.91 Å². The molecular weight excluding hydrogens is 286 g/mol. The lowest BCUT2D eigenvalue weighted by Gasteiger charge is -2.34. The highest BCUT2D eigenvalue weighted by molar-refractivity contribution is 6.18. The van der Waals surface area contributed by atoms with Gasteiger partial charge in [-0.25, -0.2) is 0 Å². The van der Waals surface area contributed by atoms with Gasteiger partial charge in [-0.2, -0.15) is 10.2 Å². The molecule has 2 rings (SSSR count). The standard InChI is InChI=1S/C16H24ClN3O/c1-3-15-14(11-12(2)18-19-15)16(21)20(10-9-17)13-7-5-4-6-8-13/h11,13H,3-10H2,1-2H3. The molecule has 1 saturated carbocycles. The van der Waals surface area contributed by atoms with Gasteiger partial charge in [0.05, 0.1) is 17.0 Å². The largest absolute Gasteiger partial charge is 0.334 e.